The molecule has 10 aromatic carbocycles. The highest BCUT2D eigenvalue weighted by molar-refractivity contribution is 5.91. The fraction of sp³-hybridized carbons (Fsp3) is 0.359. The van der Waals surface area contributed by atoms with Gasteiger partial charge in [0.2, 0.25) is 0 Å². The first-order valence-electron chi connectivity index (χ1n) is 45.3. The highest BCUT2D eigenvalue weighted by Crippen LogP contribution is 2.43. The average molecular weight is 1930 g/mol. The molecule has 0 aliphatic carbocycles. The Morgan fingerprint density at radius 3 is 0.894 bits per heavy atom. The molecule has 0 aromatic heterocycles. The summed E-state index contributed by atoms with van der Waals surface area (Å²) in [5, 5.41) is 25.0. The summed E-state index contributed by atoms with van der Waals surface area (Å²) in [4.78, 5) is 99.4. The van der Waals surface area contributed by atoms with Crippen molar-refractivity contribution in [2.45, 2.75) is 193 Å². The van der Waals surface area contributed by atoms with Crippen LogP contribution in [0, 0.1) is 0 Å². The molecule has 0 bridgehead atoms. The van der Waals surface area contributed by atoms with Crippen LogP contribution in [0.3, 0.4) is 0 Å². The maximum absolute atomic E-state index is 15.4. The van der Waals surface area contributed by atoms with Crippen molar-refractivity contribution in [2.75, 3.05) is 41.2 Å². The van der Waals surface area contributed by atoms with Gasteiger partial charge in [0, 0.05) is 21.8 Å². The summed E-state index contributed by atoms with van der Waals surface area (Å²) in [6.45, 7) is -3.74. The quantitative estimate of drug-likeness (QED) is 0.0122. The Morgan fingerprint density at radius 1 is 0.284 bits per heavy atom. The Labute approximate surface area is 809 Å². The van der Waals surface area contributed by atoms with E-state index < -0.39 is 216 Å². The molecule has 5 fully saturated rings. The van der Waals surface area contributed by atoms with E-state index in [9.17, 15) is 31.3 Å². The summed E-state index contributed by atoms with van der Waals surface area (Å²) < 4.78 is 147. The van der Waals surface area contributed by atoms with Gasteiger partial charge in [-0.05, 0) is 98.5 Å². The average Bonchev–Trinajstić information content (AvgIpc) is 0.752. The van der Waals surface area contributed by atoms with Gasteiger partial charge in [-0.2, -0.15) is 0 Å². The van der Waals surface area contributed by atoms with Gasteiger partial charge < -0.3 is 109 Å². The molecular formula is C103H103N9O29. The third-order valence-corrected chi connectivity index (χ3v) is 23.8. The lowest BCUT2D eigenvalue weighted by atomic mass is 9.93. The summed E-state index contributed by atoms with van der Waals surface area (Å²) >= 11 is 0. The van der Waals surface area contributed by atoms with E-state index in [2.05, 4.69) is 30.1 Å². The van der Waals surface area contributed by atoms with Crippen LogP contribution in [0.25, 0.3) is 31.3 Å². The smallest absolute Gasteiger partial charge is 0.338 e. The van der Waals surface area contributed by atoms with Gasteiger partial charge in [0.05, 0.1) is 82.7 Å². The van der Waals surface area contributed by atoms with E-state index in [0.29, 0.717) is 33.4 Å². The van der Waals surface area contributed by atoms with Crippen molar-refractivity contribution in [1.82, 2.24) is 0 Å². The monoisotopic (exact) mass is 1930 g/mol. The van der Waals surface area contributed by atoms with E-state index in [0.717, 1.165) is 14.2 Å². The van der Waals surface area contributed by atoms with Gasteiger partial charge in [-0.1, -0.05) is 270 Å². The zero-order chi connectivity index (χ0) is 98.2. The minimum absolute atomic E-state index is 0.0417. The molecule has 5 heterocycles. The maximum atomic E-state index is 15.4. The van der Waals surface area contributed by atoms with Gasteiger partial charge in [-0.3, -0.25) is 0 Å². The van der Waals surface area contributed by atoms with Crippen LogP contribution in [0.15, 0.2) is 319 Å². The Balaban J connectivity index is 0.837. The molecule has 5 saturated heterocycles. The minimum Gasteiger partial charge on any atom is -0.467 e. The van der Waals surface area contributed by atoms with Crippen molar-refractivity contribution < 1.29 is 138 Å². The first kappa shape index (κ1) is 102. The molecule has 0 radical (unpaired) electrons. The molecule has 5 aliphatic heterocycles. The van der Waals surface area contributed by atoms with E-state index in [-0.39, 0.29) is 55.3 Å². The van der Waals surface area contributed by atoms with E-state index in [4.69, 9.17) is 104 Å². The van der Waals surface area contributed by atoms with Crippen LogP contribution in [0.4, 0.5) is 0 Å². The number of aliphatic hydroxyl groups excluding tert-OH is 1. The summed E-state index contributed by atoms with van der Waals surface area (Å²) in [7, 11) is 3.36. The van der Waals surface area contributed by atoms with Crippen LogP contribution in [0.5, 0.6) is 0 Å². The third kappa shape index (κ3) is 26.5. The van der Waals surface area contributed by atoms with Gasteiger partial charge in [0.1, 0.15) is 117 Å². The number of aliphatic hydroxyl groups is 1. The van der Waals surface area contributed by atoms with Gasteiger partial charge in [0.25, 0.3) is 0 Å². The molecule has 38 nitrogen and oxygen atoms in total. The topological polar surface area (TPSA) is 472 Å². The van der Waals surface area contributed by atoms with Crippen molar-refractivity contribution in [1.29, 1.82) is 0 Å². The summed E-state index contributed by atoms with van der Waals surface area (Å²) in [6.07, 6.45) is -39.9. The second kappa shape index (κ2) is 51.4. The van der Waals surface area contributed by atoms with Crippen molar-refractivity contribution in [2.24, 2.45) is 15.3 Å². The molecule has 10 unspecified atom stereocenters. The molecule has 0 amide bonds. The molecule has 0 saturated carbocycles. The predicted molar refractivity (Wildman–Crippen MR) is 495 cm³/mol. The SMILES string of the molecule is COC(=O)C1O[C@@H](O[C@H]2C(CO)O[C@@H](O[C@H]3C(C(=O)OC)O[C@@H](O[C@H]4C(COC(=O)c5ccccc5)O[C@@H](OC)[C@H](N=[N+]=[N-])C4OCc4ccccc4)C(OC(=O)c4ccccc4)[C@@H]3OCc3ccccc3)[C@H](N=[N+]=[N-])C2OC(=O)c2ccccc2)C(OCc2ccccc2)[C@@H](OCc2ccccc2)[C@H]1O[C@@H]1OC(COC(=O)c2ccccc2)[C@H](OCc2ccccc2)[C@H](OCc2ccccc2)C1N=[N+]=[N-]. The third-order valence-electron chi connectivity index (χ3n) is 23.8. The summed E-state index contributed by atoms with van der Waals surface area (Å²) in [5.41, 5.74) is 36.1. The van der Waals surface area contributed by atoms with Crippen LogP contribution in [0.1, 0.15) is 74.8 Å². The standard InChI is InChI=1S/C103H103N9O29/c1-120-97(118)89-87(138-100-77(108-111-105)82(124-56-64-36-16-5-17-37-64)79(123-55-63-34-14-4-15-35-63)74(133-100)61-129-93(114)69-46-26-10-27-47-69)85(126-58-66-40-20-7-21-41-66)91(128-60-68-44-24-9-25-45-68)102(140-89)136-80-73(54-113)131-101(78(109-112-106)84(80)134-95(116)71-50-30-12-31-51-71)139-88-86(127-59-67-42-22-8-23-43-67)92(135-96(117)72-52-32-13-33-53-72)103(141-90(88)98(119)121-2)137-81-75(62-130-94(115)70-48-28-11-29-49-70)132-99(122-3)76(107-110-104)83(81)125-57-65-38-18-6-19-39-65/h4-53,73-92,99-103,113H,54-62H2,1-3H3/t73?,74?,75?,76-,77?,78-,79+,80+,81+,82-,83?,84?,85+,86-,87-,88-,89?,90?,91?,92?,99-,100+,101+,102-,103-/m1/s1. The molecule has 0 spiro atoms. The highest BCUT2D eigenvalue weighted by atomic mass is 16.8. The first-order chi connectivity index (χ1) is 69.1. The Morgan fingerprint density at radius 2 is 0.546 bits per heavy atom. The Bertz CT molecular complexity index is 5790. The second-order valence-corrected chi connectivity index (χ2v) is 32.9. The molecule has 5 aliphatic rings. The Kier molecular flexibility index (Phi) is 37.1. The summed E-state index contributed by atoms with van der Waals surface area (Å²) in [6, 6.07) is 79.4. The van der Waals surface area contributed by atoms with Gasteiger partial charge >= 0.3 is 35.8 Å². The largest absolute Gasteiger partial charge is 0.467 e. The number of nitrogens with zero attached hydrogens (tertiary/aromatic N) is 9. The number of methoxy groups -OCH3 is 3. The molecule has 734 valence electrons. The number of benzene rings is 10. The van der Waals surface area contributed by atoms with E-state index in [1.165, 1.54) is 55.6 Å². The first-order valence-corrected chi connectivity index (χ1v) is 45.3. The zero-order valence-electron chi connectivity index (χ0n) is 76.6. The number of carbonyl (C=O) groups excluding carboxylic acids is 6. The minimum atomic E-state index is -2.21. The van der Waals surface area contributed by atoms with E-state index >= 15 is 19.2 Å². The lowest BCUT2D eigenvalue weighted by molar-refractivity contribution is -0.381. The van der Waals surface area contributed by atoms with Gasteiger partial charge in [-0.25, -0.2) is 28.8 Å². The fourth-order valence-electron chi connectivity index (χ4n) is 16.9. The maximum Gasteiger partial charge on any atom is 0.338 e. The van der Waals surface area contributed by atoms with Crippen LogP contribution >= 0.6 is 0 Å². The van der Waals surface area contributed by atoms with Crippen LogP contribution in [-0.4, -0.2) is 235 Å². The molecule has 38 heteroatoms. The van der Waals surface area contributed by atoms with Crippen molar-refractivity contribution in [3.63, 3.8) is 0 Å². The van der Waals surface area contributed by atoms with Gasteiger partial charge in [-0.15, -0.1) is 0 Å². The van der Waals surface area contributed by atoms with Crippen LogP contribution < -0.4 is 0 Å². The lowest BCUT2D eigenvalue weighted by Crippen LogP contribution is -2.69. The van der Waals surface area contributed by atoms with Gasteiger partial charge in [0.15, 0.2) is 49.8 Å². The molecule has 1 N–H and O–H groups in total. The number of esters is 6. The summed E-state index contributed by atoms with van der Waals surface area (Å²) in [5.74, 6) is -6.13. The zero-order valence-corrected chi connectivity index (χ0v) is 76.6. The lowest BCUT2D eigenvalue weighted by Gasteiger charge is -2.51. The number of hydrogen-bond donors (Lipinski definition) is 1. The number of ether oxygens (including phenoxy) is 22. The van der Waals surface area contributed by atoms with Crippen molar-refractivity contribution >= 4 is 35.8 Å². The molecule has 15 rings (SSSR count). The Hall–Kier alpha value is -13.7. The highest BCUT2D eigenvalue weighted by Gasteiger charge is 2.62. The number of azide groups is 3. The van der Waals surface area contributed by atoms with E-state index in [1.807, 2.05) is 48.5 Å². The fourth-order valence-corrected chi connectivity index (χ4v) is 16.9. The second-order valence-electron chi connectivity index (χ2n) is 32.9. The van der Waals surface area contributed by atoms with Crippen molar-refractivity contribution in [3.05, 3.63) is 390 Å². The van der Waals surface area contributed by atoms with E-state index in [1.54, 1.807) is 206 Å². The van der Waals surface area contributed by atoms with Crippen LogP contribution in [0.2, 0.25) is 0 Å². The molecule has 10 aromatic rings. The number of carbonyl (C=O) groups is 6. The molecular weight excluding hydrogens is 1830 g/mol. The van der Waals surface area contributed by atoms with Crippen molar-refractivity contribution in [3.8, 4) is 0 Å². The van der Waals surface area contributed by atoms with Crippen LogP contribution in [-0.2, 0) is 153 Å². The predicted octanol–water partition coefficient (Wildman–Crippen LogP) is 13.9. The molecule has 25 atom stereocenters. The normalized spacial score (nSPS) is 27.4. The molecule has 141 heavy (non-hydrogen) atoms. The number of hydrogen-bond acceptors (Lipinski definition) is 32. The number of rotatable bonds is 43.